The van der Waals surface area contributed by atoms with Crippen molar-refractivity contribution in [3.63, 3.8) is 0 Å². The van der Waals surface area contributed by atoms with Crippen LogP contribution in [-0.2, 0) is 21.4 Å². The van der Waals surface area contributed by atoms with E-state index in [2.05, 4.69) is 4.98 Å². The molecule has 1 saturated heterocycles. The summed E-state index contributed by atoms with van der Waals surface area (Å²) in [6, 6.07) is 11.6. The Morgan fingerprint density at radius 2 is 1.63 bits per heavy atom. The third kappa shape index (κ3) is 4.32. The Hall–Kier alpha value is -2.76. The Morgan fingerprint density at radius 1 is 1.00 bits per heavy atom. The van der Waals surface area contributed by atoms with E-state index in [4.69, 9.17) is 0 Å². The van der Waals surface area contributed by atoms with E-state index >= 15 is 0 Å². The molecule has 27 heavy (non-hydrogen) atoms. The predicted molar refractivity (Wildman–Crippen MR) is 101 cm³/mol. The lowest BCUT2D eigenvalue weighted by Gasteiger charge is -2.38. The molecule has 0 atom stereocenters. The van der Waals surface area contributed by atoms with E-state index in [1.807, 2.05) is 32.0 Å². The van der Waals surface area contributed by atoms with Gasteiger partial charge in [0.15, 0.2) is 0 Å². The van der Waals surface area contributed by atoms with Crippen LogP contribution >= 0.6 is 0 Å². The third-order valence-electron chi connectivity index (χ3n) is 5.08. The number of nitrogens with zero attached hydrogens (tertiary/aromatic N) is 3. The summed E-state index contributed by atoms with van der Waals surface area (Å²) in [5.74, 6) is -0.299. The largest absolute Gasteiger partial charge is 0.339 e. The van der Waals surface area contributed by atoms with Crippen molar-refractivity contribution in [2.75, 3.05) is 26.2 Å². The zero-order valence-corrected chi connectivity index (χ0v) is 15.7. The minimum Gasteiger partial charge on any atom is -0.339 e. The molecule has 2 amide bonds. The first-order valence-corrected chi connectivity index (χ1v) is 9.11. The third-order valence-corrected chi connectivity index (χ3v) is 5.08. The summed E-state index contributed by atoms with van der Waals surface area (Å²) in [5, 5.41) is 0. The molecule has 1 fully saturated rings. The zero-order valence-electron chi connectivity index (χ0n) is 15.7. The van der Waals surface area contributed by atoms with E-state index in [0.717, 1.165) is 11.3 Å². The summed E-state index contributed by atoms with van der Waals surface area (Å²) in [6.45, 7) is 5.71. The monoisotopic (exact) mass is 369 g/mol. The Bertz CT molecular complexity index is 798. The predicted octanol–water partition coefficient (Wildman–Crippen LogP) is 2.41. The maximum Gasteiger partial charge on any atom is 0.232 e. The number of aromatic nitrogens is 1. The van der Waals surface area contributed by atoms with Crippen LogP contribution in [0.5, 0.6) is 0 Å². The summed E-state index contributed by atoms with van der Waals surface area (Å²) in [7, 11) is 0. The van der Waals surface area contributed by atoms with Crippen molar-refractivity contribution >= 4 is 11.8 Å². The van der Waals surface area contributed by atoms with Gasteiger partial charge in [0.2, 0.25) is 11.8 Å². The number of amides is 2. The second kappa shape index (κ2) is 7.86. The van der Waals surface area contributed by atoms with Gasteiger partial charge >= 0.3 is 0 Å². The van der Waals surface area contributed by atoms with Gasteiger partial charge < -0.3 is 9.80 Å². The first-order valence-electron chi connectivity index (χ1n) is 9.11. The molecule has 0 radical (unpaired) electrons. The Kier molecular flexibility index (Phi) is 5.54. The van der Waals surface area contributed by atoms with Crippen LogP contribution in [0, 0.1) is 5.82 Å². The average Bonchev–Trinajstić information content (AvgIpc) is 2.68. The van der Waals surface area contributed by atoms with Gasteiger partial charge in [-0.15, -0.1) is 0 Å². The second-order valence-corrected chi connectivity index (χ2v) is 7.30. The lowest BCUT2D eigenvalue weighted by molar-refractivity contribution is -0.142. The van der Waals surface area contributed by atoms with Gasteiger partial charge in [0, 0.05) is 38.1 Å². The molecule has 0 bridgehead atoms. The van der Waals surface area contributed by atoms with Gasteiger partial charge in [0.25, 0.3) is 0 Å². The average molecular weight is 369 g/mol. The molecule has 3 rings (SSSR count). The van der Waals surface area contributed by atoms with Crippen molar-refractivity contribution in [2.24, 2.45) is 0 Å². The fraction of sp³-hybridized carbons (Fsp3) is 0.381. The fourth-order valence-corrected chi connectivity index (χ4v) is 3.31. The van der Waals surface area contributed by atoms with Gasteiger partial charge in [0.05, 0.1) is 11.8 Å². The van der Waals surface area contributed by atoms with Gasteiger partial charge in [-0.2, -0.15) is 0 Å². The van der Waals surface area contributed by atoms with Crippen molar-refractivity contribution in [2.45, 2.75) is 25.7 Å². The molecular formula is C21H24FN3O2. The number of benzene rings is 1. The van der Waals surface area contributed by atoms with Crippen LogP contribution in [0.2, 0.25) is 0 Å². The number of hydrogen-bond donors (Lipinski definition) is 0. The molecule has 1 aliphatic heterocycles. The van der Waals surface area contributed by atoms with E-state index in [-0.39, 0.29) is 24.1 Å². The smallest absolute Gasteiger partial charge is 0.232 e. The summed E-state index contributed by atoms with van der Waals surface area (Å²) >= 11 is 0. The molecule has 6 heteroatoms. The summed E-state index contributed by atoms with van der Waals surface area (Å²) in [4.78, 5) is 33.2. The summed E-state index contributed by atoms with van der Waals surface area (Å²) in [6.07, 6.45) is 1.95. The SMILES string of the molecule is CC(C)(C(=O)N1CCN(C(=O)Cc2ccccn2)CC1)c1ccc(F)cc1. The normalized spacial score (nSPS) is 14.9. The summed E-state index contributed by atoms with van der Waals surface area (Å²) < 4.78 is 13.2. The Morgan fingerprint density at radius 3 is 2.22 bits per heavy atom. The lowest BCUT2D eigenvalue weighted by Crippen LogP contribution is -2.54. The van der Waals surface area contributed by atoms with Crippen molar-refractivity contribution in [3.05, 3.63) is 65.7 Å². The number of halogens is 1. The van der Waals surface area contributed by atoms with Crippen LogP contribution < -0.4 is 0 Å². The molecule has 1 aromatic carbocycles. The highest BCUT2D eigenvalue weighted by atomic mass is 19.1. The fourth-order valence-electron chi connectivity index (χ4n) is 3.31. The van der Waals surface area contributed by atoms with Crippen molar-refractivity contribution in [1.82, 2.24) is 14.8 Å². The minimum atomic E-state index is -0.742. The van der Waals surface area contributed by atoms with Crippen molar-refractivity contribution in [3.8, 4) is 0 Å². The van der Waals surface area contributed by atoms with Crippen LogP contribution in [0.15, 0.2) is 48.7 Å². The van der Waals surface area contributed by atoms with Crippen LogP contribution in [0.25, 0.3) is 0 Å². The Labute approximate surface area is 158 Å². The second-order valence-electron chi connectivity index (χ2n) is 7.30. The lowest BCUT2D eigenvalue weighted by atomic mass is 9.83. The number of hydrogen-bond acceptors (Lipinski definition) is 3. The number of pyridine rings is 1. The van der Waals surface area contributed by atoms with Crippen molar-refractivity contribution < 1.29 is 14.0 Å². The first kappa shape index (κ1) is 19.0. The molecule has 0 unspecified atom stereocenters. The number of piperazine rings is 1. The van der Waals surface area contributed by atoms with Gasteiger partial charge in [-0.3, -0.25) is 14.6 Å². The van der Waals surface area contributed by atoms with Crippen LogP contribution in [0.1, 0.15) is 25.1 Å². The topological polar surface area (TPSA) is 53.5 Å². The van der Waals surface area contributed by atoms with Crippen LogP contribution in [-0.4, -0.2) is 52.8 Å². The molecule has 1 aliphatic rings. The highest BCUT2D eigenvalue weighted by Gasteiger charge is 2.35. The molecule has 0 saturated carbocycles. The highest BCUT2D eigenvalue weighted by molar-refractivity contribution is 5.87. The van der Waals surface area contributed by atoms with E-state index in [1.54, 1.807) is 28.1 Å². The van der Waals surface area contributed by atoms with Gasteiger partial charge in [0.1, 0.15) is 5.82 Å². The standard InChI is InChI=1S/C21H24FN3O2/c1-21(2,16-6-8-17(22)9-7-16)20(27)25-13-11-24(12-14-25)19(26)15-18-5-3-4-10-23-18/h3-10H,11-15H2,1-2H3. The van der Waals surface area contributed by atoms with Gasteiger partial charge in [-0.1, -0.05) is 18.2 Å². The van der Waals surface area contributed by atoms with Crippen LogP contribution in [0.4, 0.5) is 4.39 Å². The molecule has 5 nitrogen and oxygen atoms in total. The maximum atomic E-state index is 13.2. The molecule has 2 heterocycles. The first-order chi connectivity index (χ1) is 12.9. The Balaban J connectivity index is 1.58. The summed E-state index contributed by atoms with van der Waals surface area (Å²) in [5.41, 5.74) is 0.786. The van der Waals surface area contributed by atoms with E-state index in [9.17, 15) is 14.0 Å². The number of carbonyl (C=O) groups excluding carboxylic acids is 2. The zero-order chi connectivity index (χ0) is 19.4. The van der Waals surface area contributed by atoms with E-state index in [1.165, 1.54) is 12.1 Å². The minimum absolute atomic E-state index is 0.00840. The van der Waals surface area contributed by atoms with E-state index < -0.39 is 5.41 Å². The molecule has 0 spiro atoms. The molecule has 1 aromatic heterocycles. The molecule has 0 aliphatic carbocycles. The molecule has 2 aromatic rings. The number of carbonyl (C=O) groups is 2. The van der Waals surface area contributed by atoms with Crippen LogP contribution in [0.3, 0.4) is 0 Å². The van der Waals surface area contributed by atoms with E-state index in [0.29, 0.717) is 26.2 Å². The number of rotatable bonds is 4. The maximum absolute atomic E-state index is 13.2. The molecular weight excluding hydrogens is 345 g/mol. The quantitative estimate of drug-likeness (QED) is 0.832. The molecule has 0 N–H and O–H groups in total. The van der Waals surface area contributed by atoms with Gasteiger partial charge in [-0.05, 0) is 43.7 Å². The van der Waals surface area contributed by atoms with Crippen molar-refractivity contribution in [1.29, 1.82) is 0 Å². The molecule has 142 valence electrons. The highest BCUT2D eigenvalue weighted by Crippen LogP contribution is 2.26. The van der Waals surface area contributed by atoms with Gasteiger partial charge in [-0.25, -0.2) is 4.39 Å².